The van der Waals surface area contributed by atoms with Gasteiger partial charge >= 0.3 is 0 Å². The van der Waals surface area contributed by atoms with Gasteiger partial charge in [-0.05, 0) is 30.9 Å². The van der Waals surface area contributed by atoms with E-state index >= 15 is 0 Å². The Kier molecular flexibility index (Phi) is 2.88. The maximum Gasteiger partial charge on any atom is 0.179 e. The molecule has 2 rings (SSSR count). The van der Waals surface area contributed by atoms with Crippen molar-refractivity contribution in [3.05, 3.63) is 18.3 Å². The molecule has 1 heterocycles. The van der Waals surface area contributed by atoms with Crippen molar-refractivity contribution in [2.45, 2.75) is 30.7 Å². The summed E-state index contributed by atoms with van der Waals surface area (Å²) < 4.78 is 23.1. The van der Waals surface area contributed by atoms with Crippen molar-refractivity contribution in [2.24, 2.45) is 5.92 Å². The van der Waals surface area contributed by atoms with Gasteiger partial charge in [0.2, 0.25) is 0 Å². The number of sulfone groups is 1. The third-order valence-electron chi connectivity index (χ3n) is 2.88. The summed E-state index contributed by atoms with van der Waals surface area (Å²) in [5, 5.41) is 3.19. The smallest absolute Gasteiger partial charge is 0.179 e. The predicted molar refractivity (Wildman–Crippen MR) is 63.2 cm³/mol. The molecule has 0 amide bonds. The molecule has 0 spiro atoms. The van der Waals surface area contributed by atoms with Gasteiger partial charge in [0, 0.05) is 18.5 Å². The van der Waals surface area contributed by atoms with Crippen LogP contribution in [0.25, 0.3) is 0 Å². The van der Waals surface area contributed by atoms with Gasteiger partial charge in [-0.25, -0.2) is 13.4 Å². The van der Waals surface area contributed by atoms with Crippen LogP contribution in [0.5, 0.6) is 0 Å². The molecule has 0 unspecified atom stereocenters. The van der Waals surface area contributed by atoms with E-state index in [-0.39, 0.29) is 4.90 Å². The van der Waals surface area contributed by atoms with Gasteiger partial charge in [-0.3, -0.25) is 0 Å². The van der Waals surface area contributed by atoms with Crippen LogP contribution < -0.4 is 5.32 Å². The standard InChI is InChI=1S/C11H16N2O2S/c1-8-6-9(7-8)13-11-10(16(2,14)15)4-3-5-12-11/h3-5,8-9H,6-7H2,1-2H3,(H,12,13). The first-order chi connectivity index (χ1) is 7.47. The molecule has 0 atom stereocenters. The molecule has 16 heavy (non-hydrogen) atoms. The van der Waals surface area contributed by atoms with E-state index in [4.69, 9.17) is 0 Å². The monoisotopic (exact) mass is 240 g/mol. The fourth-order valence-corrected chi connectivity index (χ4v) is 2.80. The van der Waals surface area contributed by atoms with Gasteiger partial charge in [0.1, 0.15) is 10.7 Å². The molecule has 0 aromatic carbocycles. The van der Waals surface area contributed by atoms with Gasteiger partial charge in [-0.15, -0.1) is 0 Å². The van der Waals surface area contributed by atoms with Crippen molar-refractivity contribution >= 4 is 15.7 Å². The SMILES string of the molecule is CC1CC(Nc2ncccc2S(C)(=O)=O)C1. The molecule has 1 saturated carbocycles. The highest BCUT2D eigenvalue weighted by Crippen LogP contribution is 2.30. The number of hydrogen-bond acceptors (Lipinski definition) is 4. The number of aromatic nitrogens is 1. The first-order valence-corrected chi connectivity index (χ1v) is 7.27. The van der Waals surface area contributed by atoms with Crippen LogP contribution >= 0.6 is 0 Å². The molecule has 5 heteroatoms. The number of nitrogens with zero attached hydrogens (tertiary/aromatic N) is 1. The van der Waals surface area contributed by atoms with Gasteiger partial charge in [0.05, 0.1) is 0 Å². The fraction of sp³-hybridized carbons (Fsp3) is 0.545. The molecule has 1 fully saturated rings. The van der Waals surface area contributed by atoms with E-state index < -0.39 is 9.84 Å². The lowest BCUT2D eigenvalue weighted by Gasteiger charge is -2.33. The summed E-state index contributed by atoms with van der Waals surface area (Å²) >= 11 is 0. The van der Waals surface area contributed by atoms with Crippen LogP contribution in [0.15, 0.2) is 23.2 Å². The molecule has 1 aliphatic rings. The zero-order valence-electron chi connectivity index (χ0n) is 9.47. The lowest BCUT2D eigenvalue weighted by atomic mass is 9.82. The molecule has 0 saturated heterocycles. The predicted octanol–water partition coefficient (Wildman–Crippen LogP) is 1.70. The Morgan fingerprint density at radius 2 is 2.12 bits per heavy atom. The quantitative estimate of drug-likeness (QED) is 0.873. The van der Waals surface area contributed by atoms with Crippen LogP contribution in [-0.4, -0.2) is 25.7 Å². The van der Waals surface area contributed by atoms with Crippen molar-refractivity contribution in [1.82, 2.24) is 4.98 Å². The molecule has 1 N–H and O–H groups in total. The Morgan fingerprint density at radius 3 is 2.69 bits per heavy atom. The Hall–Kier alpha value is -1.10. The van der Waals surface area contributed by atoms with E-state index in [1.807, 2.05) is 0 Å². The summed E-state index contributed by atoms with van der Waals surface area (Å²) in [5.74, 6) is 1.21. The van der Waals surface area contributed by atoms with E-state index in [1.165, 1.54) is 6.26 Å². The minimum atomic E-state index is -3.20. The molecular formula is C11H16N2O2S. The van der Waals surface area contributed by atoms with Crippen LogP contribution in [0.3, 0.4) is 0 Å². The van der Waals surface area contributed by atoms with Crippen molar-refractivity contribution < 1.29 is 8.42 Å². The second kappa shape index (κ2) is 4.05. The zero-order chi connectivity index (χ0) is 11.8. The molecule has 1 aromatic rings. The fourth-order valence-electron chi connectivity index (χ4n) is 2.01. The van der Waals surface area contributed by atoms with E-state index in [0.717, 1.165) is 18.8 Å². The van der Waals surface area contributed by atoms with E-state index in [0.29, 0.717) is 11.9 Å². The number of pyridine rings is 1. The van der Waals surface area contributed by atoms with Crippen LogP contribution in [0.2, 0.25) is 0 Å². The molecule has 1 aliphatic carbocycles. The summed E-state index contributed by atoms with van der Waals surface area (Å²) in [6.07, 6.45) is 4.98. The number of anilines is 1. The van der Waals surface area contributed by atoms with Crippen molar-refractivity contribution in [1.29, 1.82) is 0 Å². The molecule has 0 radical (unpaired) electrons. The summed E-state index contributed by atoms with van der Waals surface area (Å²) in [6.45, 7) is 2.19. The molecule has 0 aliphatic heterocycles. The van der Waals surface area contributed by atoms with E-state index in [9.17, 15) is 8.42 Å². The number of rotatable bonds is 3. The first kappa shape index (κ1) is 11.4. The molecule has 0 bridgehead atoms. The van der Waals surface area contributed by atoms with Gasteiger partial charge in [-0.1, -0.05) is 6.92 Å². The first-order valence-electron chi connectivity index (χ1n) is 5.38. The average molecular weight is 240 g/mol. The highest BCUT2D eigenvalue weighted by molar-refractivity contribution is 7.90. The lowest BCUT2D eigenvalue weighted by Crippen LogP contribution is -2.34. The topological polar surface area (TPSA) is 59.1 Å². The Morgan fingerprint density at radius 1 is 1.44 bits per heavy atom. The second-order valence-electron chi connectivity index (χ2n) is 4.54. The van der Waals surface area contributed by atoms with Crippen molar-refractivity contribution in [3.8, 4) is 0 Å². The molecule has 1 aromatic heterocycles. The van der Waals surface area contributed by atoms with Gasteiger partial charge in [-0.2, -0.15) is 0 Å². The van der Waals surface area contributed by atoms with Crippen LogP contribution in [0.4, 0.5) is 5.82 Å². The van der Waals surface area contributed by atoms with Crippen LogP contribution in [-0.2, 0) is 9.84 Å². The lowest BCUT2D eigenvalue weighted by molar-refractivity contribution is 0.308. The minimum absolute atomic E-state index is 0.287. The van der Waals surface area contributed by atoms with Crippen molar-refractivity contribution in [3.63, 3.8) is 0 Å². The van der Waals surface area contributed by atoms with Crippen molar-refractivity contribution in [2.75, 3.05) is 11.6 Å². The second-order valence-corrected chi connectivity index (χ2v) is 6.52. The van der Waals surface area contributed by atoms with E-state index in [1.54, 1.807) is 18.3 Å². The average Bonchev–Trinajstić information content (AvgIpc) is 2.14. The summed E-state index contributed by atoms with van der Waals surface area (Å²) in [5.41, 5.74) is 0. The maximum atomic E-state index is 11.5. The Labute approximate surface area is 96.0 Å². The molecule has 4 nitrogen and oxygen atoms in total. The maximum absolute atomic E-state index is 11.5. The van der Waals surface area contributed by atoms with E-state index in [2.05, 4.69) is 17.2 Å². The largest absolute Gasteiger partial charge is 0.366 e. The highest BCUT2D eigenvalue weighted by Gasteiger charge is 2.26. The normalized spacial score (nSPS) is 24.9. The Bertz CT molecular complexity index is 479. The summed E-state index contributed by atoms with van der Waals surface area (Å²) in [6, 6.07) is 3.60. The minimum Gasteiger partial charge on any atom is -0.366 e. The third kappa shape index (κ3) is 2.35. The Balaban J connectivity index is 2.21. The van der Waals surface area contributed by atoms with Gasteiger partial charge in [0.15, 0.2) is 9.84 Å². The summed E-state index contributed by atoms with van der Waals surface area (Å²) in [4.78, 5) is 4.39. The highest BCUT2D eigenvalue weighted by atomic mass is 32.2. The third-order valence-corrected chi connectivity index (χ3v) is 4.01. The number of hydrogen-bond donors (Lipinski definition) is 1. The van der Waals surface area contributed by atoms with Crippen LogP contribution in [0.1, 0.15) is 19.8 Å². The van der Waals surface area contributed by atoms with Gasteiger partial charge in [0.25, 0.3) is 0 Å². The van der Waals surface area contributed by atoms with Crippen LogP contribution in [0, 0.1) is 5.92 Å². The zero-order valence-corrected chi connectivity index (χ0v) is 10.3. The summed E-state index contributed by atoms with van der Waals surface area (Å²) in [7, 11) is -3.20. The molecular weight excluding hydrogens is 224 g/mol. The van der Waals surface area contributed by atoms with Gasteiger partial charge < -0.3 is 5.32 Å². The number of nitrogens with one attached hydrogen (secondary N) is 1. The molecule has 88 valence electrons.